The van der Waals surface area contributed by atoms with Crippen molar-refractivity contribution < 1.29 is 13.3 Å². The SMILES string of the molecule is CO[Si](CC(C)(Cc1ccccc1)NCCCN)(OC)OCN. The highest BCUT2D eigenvalue weighted by Gasteiger charge is 2.46. The number of benzene rings is 1. The minimum absolute atomic E-state index is 0.0815. The lowest BCUT2D eigenvalue weighted by Gasteiger charge is -2.37. The number of hydrogen-bond donors (Lipinski definition) is 3. The van der Waals surface area contributed by atoms with Crippen LogP contribution >= 0.6 is 0 Å². The Bertz CT molecular complexity index is 432. The topological polar surface area (TPSA) is 91.8 Å². The van der Waals surface area contributed by atoms with Crippen molar-refractivity contribution in [3.63, 3.8) is 0 Å². The van der Waals surface area contributed by atoms with Crippen LogP contribution in [-0.4, -0.2) is 48.4 Å². The predicted molar refractivity (Wildman–Crippen MR) is 94.9 cm³/mol. The Morgan fingerprint density at radius 2 is 1.78 bits per heavy atom. The molecule has 0 aromatic heterocycles. The molecule has 1 atom stereocenters. The summed E-state index contributed by atoms with van der Waals surface area (Å²) in [5, 5.41) is 3.60. The van der Waals surface area contributed by atoms with Gasteiger partial charge in [0.05, 0.1) is 6.73 Å². The van der Waals surface area contributed by atoms with Crippen molar-refractivity contribution in [3.05, 3.63) is 35.9 Å². The Hall–Kier alpha value is -0.803. The van der Waals surface area contributed by atoms with E-state index in [9.17, 15) is 0 Å². The molecule has 0 radical (unpaired) electrons. The second-order valence-corrected chi connectivity index (χ2v) is 8.70. The minimum Gasteiger partial charge on any atom is -0.377 e. The molecule has 7 heteroatoms. The van der Waals surface area contributed by atoms with E-state index in [4.69, 9.17) is 24.7 Å². The summed E-state index contributed by atoms with van der Waals surface area (Å²) < 4.78 is 16.9. The van der Waals surface area contributed by atoms with Gasteiger partial charge in [-0.25, -0.2) is 0 Å². The highest BCUT2D eigenvalue weighted by molar-refractivity contribution is 6.61. The Balaban J connectivity index is 2.92. The quantitative estimate of drug-likeness (QED) is 0.299. The number of hydrogen-bond acceptors (Lipinski definition) is 6. The van der Waals surface area contributed by atoms with Gasteiger partial charge >= 0.3 is 8.80 Å². The number of nitrogens with one attached hydrogen (secondary N) is 1. The van der Waals surface area contributed by atoms with Crippen LogP contribution in [0.2, 0.25) is 6.04 Å². The van der Waals surface area contributed by atoms with E-state index in [0.717, 1.165) is 19.4 Å². The molecule has 0 aliphatic carbocycles. The van der Waals surface area contributed by atoms with E-state index in [-0.39, 0.29) is 12.3 Å². The third kappa shape index (κ3) is 6.68. The average molecular weight is 342 g/mol. The second-order valence-electron chi connectivity index (χ2n) is 5.87. The molecule has 1 rings (SSSR count). The third-order valence-corrected chi connectivity index (χ3v) is 6.97. The molecule has 0 aliphatic heterocycles. The lowest BCUT2D eigenvalue weighted by atomic mass is 9.94. The normalized spacial score (nSPS) is 14.7. The van der Waals surface area contributed by atoms with E-state index < -0.39 is 8.80 Å². The van der Waals surface area contributed by atoms with Crippen LogP contribution in [0, 0.1) is 0 Å². The van der Waals surface area contributed by atoms with Crippen LogP contribution < -0.4 is 16.8 Å². The Kier molecular flexibility index (Phi) is 8.93. The van der Waals surface area contributed by atoms with Crippen molar-refractivity contribution in [3.8, 4) is 0 Å². The zero-order chi connectivity index (χ0) is 17.2. The summed E-state index contributed by atoms with van der Waals surface area (Å²) in [7, 11) is 0.427. The van der Waals surface area contributed by atoms with Gasteiger partial charge in [0.25, 0.3) is 0 Å². The second kappa shape index (κ2) is 10.1. The fraction of sp³-hybridized carbons (Fsp3) is 0.625. The molecule has 1 aromatic rings. The molecule has 0 aliphatic rings. The van der Waals surface area contributed by atoms with Crippen molar-refractivity contribution in [2.45, 2.75) is 31.3 Å². The van der Waals surface area contributed by atoms with E-state index in [0.29, 0.717) is 12.6 Å². The predicted octanol–water partition coefficient (Wildman–Crippen LogP) is 1.09. The minimum atomic E-state index is -2.81. The van der Waals surface area contributed by atoms with Crippen LogP contribution in [0.4, 0.5) is 0 Å². The van der Waals surface area contributed by atoms with Gasteiger partial charge in [0.1, 0.15) is 0 Å². The number of nitrogens with two attached hydrogens (primary N) is 2. The zero-order valence-corrected chi connectivity index (χ0v) is 15.5. The van der Waals surface area contributed by atoms with Gasteiger partial charge in [0.15, 0.2) is 0 Å². The maximum absolute atomic E-state index is 5.68. The molecule has 5 N–H and O–H groups in total. The van der Waals surface area contributed by atoms with E-state index in [1.165, 1.54) is 5.56 Å². The van der Waals surface area contributed by atoms with E-state index in [1.54, 1.807) is 14.2 Å². The van der Waals surface area contributed by atoms with Gasteiger partial charge in [-0.05, 0) is 38.4 Å². The summed E-state index contributed by atoms with van der Waals surface area (Å²) in [5.41, 5.74) is 12.2. The highest BCUT2D eigenvalue weighted by Crippen LogP contribution is 2.26. The summed E-state index contributed by atoms with van der Waals surface area (Å²) >= 11 is 0. The maximum atomic E-state index is 5.68. The van der Waals surface area contributed by atoms with Crippen molar-refractivity contribution in [1.29, 1.82) is 0 Å². The lowest BCUT2D eigenvalue weighted by Crippen LogP contribution is -2.56. The Morgan fingerprint density at radius 3 is 2.30 bits per heavy atom. The van der Waals surface area contributed by atoms with Gasteiger partial charge < -0.3 is 30.1 Å². The van der Waals surface area contributed by atoms with Crippen molar-refractivity contribution in [1.82, 2.24) is 5.32 Å². The summed E-state index contributed by atoms with van der Waals surface area (Å²) in [4.78, 5) is 0. The van der Waals surface area contributed by atoms with Gasteiger partial charge in [-0.3, -0.25) is 0 Å². The molecule has 0 saturated heterocycles. The molecular weight excluding hydrogens is 310 g/mol. The first-order valence-corrected chi connectivity index (χ1v) is 9.89. The van der Waals surface area contributed by atoms with Crippen LogP contribution in [0.15, 0.2) is 30.3 Å². The Labute approximate surface area is 140 Å². The largest absolute Gasteiger partial charge is 0.503 e. The lowest BCUT2D eigenvalue weighted by molar-refractivity contribution is 0.0918. The van der Waals surface area contributed by atoms with Gasteiger partial charge in [0.2, 0.25) is 0 Å². The molecule has 0 spiro atoms. The first-order chi connectivity index (χ1) is 11.0. The molecular formula is C16H31N3O3Si. The molecule has 0 bridgehead atoms. The first kappa shape index (κ1) is 20.2. The molecule has 0 fully saturated rings. The average Bonchev–Trinajstić information content (AvgIpc) is 2.55. The van der Waals surface area contributed by atoms with Crippen LogP contribution in [0.5, 0.6) is 0 Å². The molecule has 132 valence electrons. The summed E-state index contributed by atoms with van der Waals surface area (Å²) in [5.74, 6) is 0. The first-order valence-electron chi connectivity index (χ1n) is 7.96. The molecule has 6 nitrogen and oxygen atoms in total. The van der Waals surface area contributed by atoms with E-state index in [1.807, 2.05) is 18.2 Å². The third-order valence-electron chi connectivity index (χ3n) is 3.90. The van der Waals surface area contributed by atoms with Crippen molar-refractivity contribution in [2.24, 2.45) is 11.5 Å². The molecule has 1 aromatic carbocycles. The highest BCUT2D eigenvalue weighted by atomic mass is 28.4. The summed E-state index contributed by atoms with van der Waals surface area (Å²) in [6.45, 7) is 3.74. The fourth-order valence-electron chi connectivity index (χ4n) is 2.73. The monoisotopic (exact) mass is 341 g/mol. The number of rotatable bonds is 12. The van der Waals surface area contributed by atoms with Crippen LogP contribution in [0.25, 0.3) is 0 Å². The molecule has 23 heavy (non-hydrogen) atoms. The fourth-order valence-corrected chi connectivity index (χ4v) is 4.98. The standard InChI is InChI=1S/C16H31N3O3Si/c1-16(19-11-7-10-17,12-15-8-5-4-6-9-15)13-23(20-2,21-3)22-14-18/h4-6,8-9,19H,7,10-14,17-18H2,1-3H3. The van der Waals surface area contributed by atoms with E-state index >= 15 is 0 Å². The van der Waals surface area contributed by atoms with Gasteiger partial charge in [-0.2, -0.15) is 0 Å². The van der Waals surface area contributed by atoms with Gasteiger partial charge in [0, 0.05) is 25.8 Å². The summed E-state index contributed by atoms with van der Waals surface area (Å²) in [6.07, 6.45) is 1.75. The van der Waals surface area contributed by atoms with Crippen LogP contribution in [0.3, 0.4) is 0 Å². The van der Waals surface area contributed by atoms with Crippen LogP contribution in [0.1, 0.15) is 18.9 Å². The maximum Gasteiger partial charge on any atom is 0.503 e. The molecule has 1 unspecified atom stereocenters. The molecule has 0 heterocycles. The zero-order valence-electron chi connectivity index (χ0n) is 14.5. The van der Waals surface area contributed by atoms with Gasteiger partial charge in [-0.15, -0.1) is 0 Å². The van der Waals surface area contributed by atoms with Crippen molar-refractivity contribution >= 4 is 8.80 Å². The summed E-state index contributed by atoms with van der Waals surface area (Å²) in [6, 6.07) is 11.0. The smallest absolute Gasteiger partial charge is 0.377 e. The Morgan fingerprint density at radius 1 is 1.13 bits per heavy atom. The molecule has 0 amide bonds. The van der Waals surface area contributed by atoms with E-state index in [2.05, 4.69) is 24.4 Å². The van der Waals surface area contributed by atoms with Gasteiger partial charge in [-0.1, -0.05) is 30.3 Å². The van der Waals surface area contributed by atoms with Crippen LogP contribution in [-0.2, 0) is 19.7 Å². The van der Waals surface area contributed by atoms with Crippen molar-refractivity contribution in [2.75, 3.05) is 34.0 Å². The molecule has 0 saturated carbocycles.